The van der Waals surface area contributed by atoms with Gasteiger partial charge in [-0.3, -0.25) is 0 Å². The molecular weight excluding hydrogens is 234 g/mol. The van der Waals surface area contributed by atoms with Gasteiger partial charge in [0.2, 0.25) is 0 Å². The molecule has 1 aromatic rings. The van der Waals surface area contributed by atoms with E-state index in [2.05, 4.69) is 5.32 Å². The number of hydrogen-bond donors (Lipinski definition) is 3. The lowest BCUT2D eigenvalue weighted by Gasteiger charge is -2.21. The SMILES string of the molecule is COc1ccc(OC)c(CNCC(C)(O)CO)c1. The summed E-state index contributed by atoms with van der Waals surface area (Å²) in [6.07, 6.45) is 0. The number of rotatable bonds is 7. The Morgan fingerprint density at radius 2 is 2.00 bits per heavy atom. The first-order valence-corrected chi connectivity index (χ1v) is 5.77. The molecule has 1 atom stereocenters. The summed E-state index contributed by atoms with van der Waals surface area (Å²) in [6.45, 7) is 2.11. The van der Waals surface area contributed by atoms with Crippen LogP contribution in [0, 0.1) is 0 Å². The largest absolute Gasteiger partial charge is 0.497 e. The van der Waals surface area contributed by atoms with Gasteiger partial charge in [0.05, 0.1) is 26.4 Å². The van der Waals surface area contributed by atoms with E-state index in [4.69, 9.17) is 14.6 Å². The molecule has 0 aliphatic rings. The number of aliphatic hydroxyl groups excluding tert-OH is 1. The summed E-state index contributed by atoms with van der Waals surface area (Å²) in [7, 11) is 3.21. The van der Waals surface area contributed by atoms with Crippen LogP contribution in [0.15, 0.2) is 18.2 Å². The van der Waals surface area contributed by atoms with Gasteiger partial charge in [0, 0.05) is 18.7 Å². The molecule has 1 aromatic carbocycles. The highest BCUT2D eigenvalue weighted by atomic mass is 16.5. The molecule has 0 spiro atoms. The molecule has 0 bridgehead atoms. The molecule has 3 N–H and O–H groups in total. The minimum absolute atomic E-state index is 0.282. The molecule has 5 heteroatoms. The van der Waals surface area contributed by atoms with Gasteiger partial charge in [-0.1, -0.05) is 0 Å². The maximum Gasteiger partial charge on any atom is 0.123 e. The Balaban J connectivity index is 2.65. The summed E-state index contributed by atoms with van der Waals surface area (Å²) in [6, 6.07) is 5.53. The molecule has 0 aromatic heterocycles. The highest BCUT2D eigenvalue weighted by Gasteiger charge is 2.18. The van der Waals surface area contributed by atoms with E-state index in [1.807, 2.05) is 18.2 Å². The zero-order valence-electron chi connectivity index (χ0n) is 11.1. The summed E-state index contributed by atoms with van der Waals surface area (Å²) >= 11 is 0. The minimum Gasteiger partial charge on any atom is -0.497 e. The number of nitrogens with one attached hydrogen (secondary N) is 1. The third-order valence-corrected chi connectivity index (χ3v) is 2.65. The van der Waals surface area contributed by atoms with Gasteiger partial charge in [0.1, 0.15) is 11.5 Å². The lowest BCUT2D eigenvalue weighted by atomic mass is 10.1. The number of benzene rings is 1. The van der Waals surface area contributed by atoms with Crippen molar-refractivity contribution in [2.24, 2.45) is 0 Å². The van der Waals surface area contributed by atoms with E-state index in [9.17, 15) is 5.11 Å². The van der Waals surface area contributed by atoms with Gasteiger partial charge in [-0.2, -0.15) is 0 Å². The van der Waals surface area contributed by atoms with E-state index < -0.39 is 5.60 Å². The highest BCUT2D eigenvalue weighted by molar-refractivity contribution is 5.40. The number of methoxy groups -OCH3 is 2. The monoisotopic (exact) mass is 255 g/mol. The second kappa shape index (κ2) is 6.58. The molecule has 0 radical (unpaired) electrons. The molecule has 0 aliphatic carbocycles. The first-order valence-electron chi connectivity index (χ1n) is 5.77. The Morgan fingerprint density at radius 3 is 2.56 bits per heavy atom. The van der Waals surface area contributed by atoms with Gasteiger partial charge >= 0.3 is 0 Å². The van der Waals surface area contributed by atoms with Crippen LogP contribution in [0.25, 0.3) is 0 Å². The average molecular weight is 255 g/mol. The molecule has 0 saturated heterocycles. The van der Waals surface area contributed by atoms with Gasteiger partial charge in [-0.25, -0.2) is 0 Å². The van der Waals surface area contributed by atoms with Crippen LogP contribution < -0.4 is 14.8 Å². The second-order valence-electron chi connectivity index (χ2n) is 4.44. The van der Waals surface area contributed by atoms with Crippen LogP contribution in [0.2, 0.25) is 0 Å². The fraction of sp³-hybridized carbons (Fsp3) is 0.538. The summed E-state index contributed by atoms with van der Waals surface area (Å²) in [5.74, 6) is 1.51. The van der Waals surface area contributed by atoms with Gasteiger partial charge in [0.15, 0.2) is 0 Å². The normalized spacial score (nSPS) is 14.1. The smallest absolute Gasteiger partial charge is 0.123 e. The first-order chi connectivity index (χ1) is 8.52. The molecule has 1 rings (SSSR count). The lowest BCUT2D eigenvalue weighted by Crippen LogP contribution is -2.40. The molecule has 102 valence electrons. The van der Waals surface area contributed by atoms with Crippen LogP contribution in [-0.2, 0) is 6.54 Å². The summed E-state index contributed by atoms with van der Waals surface area (Å²) in [4.78, 5) is 0. The Bertz CT molecular complexity index is 379. The van der Waals surface area contributed by atoms with Crippen LogP contribution in [0.4, 0.5) is 0 Å². The minimum atomic E-state index is -1.12. The maximum absolute atomic E-state index is 9.66. The molecular formula is C13H21NO4. The van der Waals surface area contributed by atoms with Crippen LogP contribution in [0.5, 0.6) is 11.5 Å². The second-order valence-corrected chi connectivity index (χ2v) is 4.44. The van der Waals surface area contributed by atoms with Crippen molar-refractivity contribution in [3.63, 3.8) is 0 Å². The third-order valence-electron chi connectivity index (χ3n) is 2.65. The zero-order chi connectivity index (χ0) is 13.6. The van der Waals surface area contributed by atoms with E-state index in [1.165, 1.54) is 0 Å². The fourth-order valence-corrected chi connectivity index (χ4v) is 1.54. The summed E-state index contributed by atoms with van der Waals surface area (Å²) in [5, 5.41) is 21.7. The fourth-order valence-electron chi connectivity index (χ4n) is 1.54. The molecule has 0 amide bonds. The highest BCUT2D eigenvalue weighted by Crippen LogP contribution is 2.23. The summed E-state index contributed by atoms with van der Waals surface area (Å²) < 4.78 is 10.4. The van der Waals surface area contributed by atoms with Crippen molar-refractivity contribution in [3.8, 4) is 11.5 Å². The van der Waals surface area contributed by atoms with E-state index in [-0.39, 0.29) is 6.61 Å². The van der Waals surface area contributed by atoms with E-state index >= 15 is 0 Å². The zero-order valence-corrected chi connectivity index (χ0v) is 11.1. The van der Waals surface area contributed by atoms with Gasteiger partial charge in [-0.05, 0) is 25.1 Å². The van der Waals surface area contributed by atoms with Crippen molar-refractivity contribution in [3.05, 3.63) is 23.8 Å². The van der Waals surface area contributed by atoms with Crippen LogP contribution >= 0.6 is 0 Å². The van der Waals surface area contributed by atoms with Crippen molar-refractivity contribution >= 4 is 0 Å². The number of ether oxygens (including phenoxy) is 2. The van der Waals surface area contributed by atoms with E-state index in [1.54, 1.807) is 21.1 Å². The van der Waals surface area contributed by atoms with Crippen molar-refractivity contribution in [2.75, 3.05) is 27.4 Å². The maximum atomic E-state index is 9.66. The van der Waals surface area contributed by atoms with E-state index in [0.29, 0.717) is 13.1 Å². The molecule has 0 aliphatic heterocycles. The Labute approximate surface area is 107 Å². The molecule has 0 fully saturated rings. The number of aliphatic hydroxyl groups is 2. The Kier molecular flexibility index (Phi) is 5.40. The quantitative estimate of drug-likeness (QED) is 0.663. The average Bonchev–Trinajstić information content (AvgIpc) is 2.38. The lowest BCUT2D eigenvalue weighted by molar-refractivity contribution is 0.00251. The van der Waals surface area contributed by atoms with E-state index in [0.717, 1.165) is 17.1 Å². The van der Waals surface area contributed by atoms with Crippen molar-refractivity contribution in [2.45, 2.75) is 19.1 Å². The topological polar surface area (TPSA) is 71.0 Å². The standard InChI is InChI=1S/C13H21NO4/c1-13(16,9-15)8-14-7-10-6-11(17-2)4-5-12(10)18-3/h4-6,14-16H,7-9H2,1-3H3. The number of hydrogen-bond acceptors (Lipinski definition) is 5. The van der Waals surface area contributed by atoms with Gasteiger partial charge in [-0.15, -0.1) is 0 Å². The molecule has 0 heterocycles. The van der Waals surface area contributed by atoms with Crippen LogP contribution in [0.1, 0.15) is 12.5 Å². The van der Waals surface area contributed by atoms with Gasteiger partial charge < -0.3 is 25.0 Å². The predicted octanol–water partition coefficient (Wildman–Crippen LogP) is 0.537. The van der Waals surface area contributed by atoms with Crippen molar-refractivity contribution in [1.29, 1.82) is 0 Å². The Hall–Kier alpha value is -1.30. The van der Waals surface area contributed by atoms with Crippen molar-refractivity contribution < 1.29 is 19.7 Å². The third kappa shape index (κ3) is 4.18. The molecule has 1 unspecified atom stereocenters. The molecule has 0 saturated carbocycles. The molecule has 5 nitrogen and oxygen atoms in total. The Morgan fingerprint density at radius 1 is 1.28 bits per heavy atom. The summed E-state index contributed by atoms with van der Waals surface area (Å²) in [5.41, 5.74) is -0.183. The predicted molar refractivity (Wildman–Crippen MR) is 69.0 cm³/mol. The van der Waals surface area contributed by atoms with Gasteiger partial charge in [0.25, 0.3) is 0 Å². The first kappa shape index (κ1) is 14.8. The van der Waals surface area contributed by atoms with Crippen LogP contribution in [0.3, 0.4) is 0 Å². The molecule has 18 heavy (non-hydrogen) atoms. The van der Waals surface area contributed by atoms with Crippen LogP contribution in [-0.4, -0.2) is 43.2 Å². The van der Waals surface area contributed by atoms with Crippen molar-refractivity contribution in [1.82, 2.24) is 5.32 Å².